The van der Waals surface area contributed by atoms with Crippen molar-refractivity contribution in [1.82, 2.24) is 0 Å². The normalized spacial score (nSPS) is 12.8. The lowest BCUT2D eigenvalue weighted by atomic mass is 10.00. The van der Waals surface area contributed by atoms with Crippen molar-refractivity contribution in [2.45, 2.75) is 39.7 Å². The Morgan fingerprint density at radius 3 is 2.75 bits per heavy atom. The molecule has 1 nitrogen and oxygen atoms in total. The fraction of sp³-hybridized carbons (Fsp3) is 0.571. The number of nitrogens with two attached hydrogens (primary N) is 1. The number of hydrogen-bond donors (Lipinski definition) is 1. The van der Waals surface area contributed by atoms with E-state index in [4.69, 9.17) is 5.73 Å². The highest BCUT2D eigenvalue weighted by atomic mass is 32.2. The van der Waals surface area contributed by atoms with Gasteiger partial charge in [0.1, 0.15) is 0 Å². The van der Waals surface area contributed by atoms with Crippen molar-refractivity contribution in [2.75, 3.05) is 11.5 Å². The van der Waals surface area contributed by atoms with Gasteiger partial charge in [-0.3, -0.25) is 0 Å². The molecule has 0 bridgehead atoms. The number of aryl methyl sites for hydroxylation is 2. The summed E-state index contributed by atoms with van der Waals surface area (Å²) in [5, 5.41) is 0. The zero-order valence-corrected chi connectivity index (χ0v) is 11.4. The largest absolute Gasteiger partial charge is 0.327 e. The molecule has 0 amide bonds. The SMILES string of the molecule is CCCSCC(N)Cc1cc(C)ccc1C. The molecule has 0 aliphatic carbocycles. The van der Waals surface area contributed by atoms with Crippen molar-refractivity contribution in [1.29, 1.82) is 0 Å². The summed E-state index contributed by atoms with van der Waals surface area (Å²) in [6.45, 7) is 6.52. The third-order valence-electron chi connectivity index (χ3n) is 2.67. The van der Waals surface area contributed by atoms with Gasteiger partial charge in [-0.05, 0) is 43.6 Å². The molecule has 0 radical (unpaired) electrons. The second-order valence-corrected chi connectivity index (χ2v) is 5.62. The molecule has 0 heterocycles. The third kappa shape index (κ3) is 4.58. The van der Waals surface area contributed by atoms with Crippen LogP contribution in [0.5, 0.6) is 0 Å². The Morgan fingerprint density at radius 2 is 2.06 bits per heavy atom. The Kier molecular flexibility index (Phi) is 5.93. The molecule has 90 valence electrons. The maximum Gasteiger partial charge on any atom is 0.0171 e. The Labute approximate surface area is 104 Å². The maximum absolute atomic E-state index is 6.14. The topological polar surface area (TPSA) is 26.0 Å². The molecular weight excluding hydrogens is 214 g/mol. The van der Waals surface area contributed by atoms with Crippen LogP contribution in [0, 0.1) is 13.8 Å². The van der Waals surface area contributed by atoms with E-state index in [1.807, 2.05) is 11.8 Å². The average molecular weight is 237 g/mol. The van der Waals surface area contributed by atoms with Crippen LogP contribution in [-0.4, -0.2) is 17.5 Å². The second kappa shape index (κ2) is 6.97. The van der Waals surface area contributed by atoms with Gasteiger partial charge in [0.25, 0.3) is 0 Å². The van der Waals surface area contributed by atoms with Crippen molar-refractivity contribution < 1.29 is 0 Å². The number of benzene rings is 1. The van der Waals surface area contributed by atoms with Gasteiger partial charge in [0.2, 0.25) is 0 Å². The summed E-state index contributed by atoms with van der Waals surface area (Å²) in [5.41, 5.74) is 10.2. The van der Waals surface area contributed by atoms with Crippen molar-refractivity contribution in [3.05, 3.63) is 34.9 Å². The van der Waals surface area contributed by atoms with E-state index in [1.54, 1.807) is 0 Å². The first kappa shape index (κ1) is 13.6. The molecule has 2 heteroatoms. The van der Waals surface area contributed by atoms with E-state index in [1.165, 1.54) is 28.9 Å². The molecule has 1 aromatic rings. The summed E-state index contributed by atoms with van der Waals surface area (Å²) < 4.78 is 0. The zero-order valence-electron chi connectivity index (χ0n) is 10.6. The van der Waals surface area contributed by atoms with Crippen LogP contribution >= 0.6 is 11.8 Å². The minimum absolute atomic E-state index is 0.289. The van der Waals surface area contributed by atoms with Gasteiger partial charge in [-0.1, -0.05) is 30.7 Å². The zero-order chi connectivity index (χ0) is 12.0. The minimum Gasteiger partial charge on any atom is -0.327 e. The highest BCUT2D eigenvalue weighted by Crippen LogP contribution is 2.14. The van der Waals surface area contributed by atoms with Gasteiger partial charge in [-0.2, -0.15) is 11.8 Å². The van der Waals surface area contributed by atoms with Gasteiger partial charge >= 0.3 is 0 Å². The molecular formula is C14H23NS. The highest BCUT2D eigenvalue weighted by Gasteiger charge is 2.06. The third-order valence-corrected chi connectivity index (χ3v) is 4.03. The van der Waals surface area contributed by atoms with E-state index in [0.717, 1.165) is 12.2 Å². The smallest absolute Gasteiger partial charge is 0.0171 e. The van der Waals surface area contributed by atoms with Crippen LogP contribution < -0.4 is 5.73 Å². The van der Waals surface area contributed by atoms with E-state index in [9.17, 15) is 0 Å². The standard InChI is InChI=1S/C14H23NS/c1-4-7-16-10-14(15)9-13-8-11(2)5-6-12(13)3/h5-6,8,14H,4,7,9-10,15H2,1-3H3. The first-order valence-corrected chi connectivity index (χ1v) is 7.18. The minimum atomic E-state index is 0.289. The highest BCUT2D eigenvalue weighted by molar-refractivity contribution is 7.99. The molecule has 16 heavy (non-hydrogen) atoms. The predicted molar refractivity (Wildman–Crippen MR) is 75.2 cm³/mol. The number of thioether (sulfide) groups is 1. The van der Waals surface area contributed by atoms with Crippen molar-refractivity contribution in [3.63, 3.8) is 0 Å². The molecule has 1 aromatic carbocycles. The van der Waals surface area contributed by atoms with E-state index < -0.39 is 0 Å². The van der Waals surface area contributed by atoms with Crippen LogP contribution in [0.2, 0.25) is 0 Å². The van der Waals surface area contributed by atoms with Crippen LogP contribution in [-0.2, 0) is 6.42 Å². The lowest BCUT2D eigenvalue weighted by molar-refractivity contribution is 0.744. The van der Waals surface area contributed by atoms with Crippen LogP contribution in [0.3, 0.4) is 0 Å². The van der Waals surface area contributed by atoms with E-state index in [-0.39, 0.29) is 6.04 Å². The van der Waals surface area contributed by atoms with Crippen LogP contribution in [0.25, 0.3) is 0 Å². The molecule has 1 atom stereocenters. The lowest BCUT2D eigenvalue weighted by Crippen LogP contribution is -2.26. The molecule has 0 saturated heterocycles. The van der Waals surface area contributed by atoms with Gasteiger partial charge < -0.3 is 5.73 Å². The lowest BCUT2D eigenvalue weighted by Gasteiger charge is -2.13. The quantitative estimate of drug-likeness (QED) is 0.768. The molecule has 0 fully saturated rings. The van der Waals surface area contributed by atoms with E-state index in [2.05, 4.69) is 39.0 Å². The Hall–Kier alpha value is -0.470. The monoisotopic (exact) mass is 237 g/mol. The summed E-state index contributed by atoms with van der Waals surface area (Å²) in [7, 11) is 0. The average Bonchev–Trinajstić information content (AvgIpc) is 2.24. The molecule has 0 aromatic heterocycles. The summed E-state index contributed by atoms with van der Waals surface area (Å²) in [6.07, 6.45) is 2.24. The number of hydrogen-bond acceptors (Lipinski definition) is 2. The first-order chi connectivity index (χ1) is 7.63. The molecule has 2 N–H and O–H groups in total. The summed E-state index contributed by atoms with van der Waals surface area (Å²) >= 11 is 1.97. The fourth-order valence-electron chi connectivity index (χ4n) is 1.74. The number of rotatable bonds is 6. The summed E-state index contributed by atoms with van der Waals surface area (Å²) in [6, 6.07) is 6.91. The molecule has 0 saturated carbocycles. The van der Waals surface area contributed by atoms with Gasteiger partial charge in [0.15, 0.2) is 0 Å². The molecule has 0 aliphatic rings. The van der Waals surface area contributed by atoms with Crippen molar-refractivity contribution >= 4 is 11.8 Å². The Balaban J connectivity index is 2.48. The second-order valence-electron chi connectivity index (χ2n) is 4.47. The fourth-order valence-corrected chi connectivity index (χ4v) is 2.62. The maximum atomic E-state index is 6.14. The van der Waals surface area contributed by atoms with Crippen molar-refractivity contribution in [2.24, 2.45) is 5.73 Å². The first-order valence-electron chi connectivity index (χ1n) is 6.03. The van der Waals surface area contributed by atoms with Crippen LogP contribution in [0.15, 0.2) is 18.2 Å². The van der Waals surface area contributed by atoms with E-state index in [0.29, 0.717) is 0 Å². The van der Waals surface area contributed by atoms with Crippen LogP contribution in [0.4, 0.5) is 0 Å². The van der Waals surface area contributed by atoms with Gasteiger partial charge in [0, 0.05) is 11.8 Å². The Bertz CT molecular complexity index is 323. The van der Waals surface area contributed by atoms with E-state index >= 15 is 0 Å². The molecule has 0 aliphatic heterocycles. The Morgan fingerprint density at radius 1 is 1.31 bits per heavy atom. The van der Waals surface area contributed by atoms with Gasteiger partial charge in [-0.15, -0.1) is 0 Å². The predicted octanol–water partition coefficient (Wildman–Crippen LogP) is 3.32. The van der Waals surface area contributed by atoms with Gasteiger partial charge in [-0.25, -0.2) is 0 Å². The summed E-state index contributed by atoms with van der Waals surface area (Å²) in [4.78, 5) is 0. The summed E-state index contributed by atoms with van der Waals surface area (Å²) in [5.74, 6) is 2.29. The van der Waals surface area contributed by atoms with Crippen molar-refractivity contribution in [3.8, 4) is 0 Å². The van der Waals surface area contributed by atoms with Crippen LogP contribution in [0.1, 0.15) is 30.0 Å². The molecule has 1 rings (SSSR count). The van der Waals surface area contributed by atoms with Gasteiger partial charge in [0.05, 0.1) is 0 Å². The molecule has 1 unspecified atom stereocenters. The molecule has 0 spiro atoms.